The molecule has 0 amide bonds. The molecular formula is C21H24F2O. The van der Waals surface area contributed by atoms with Crippen LogP contribution < -0.4 is 0 Å². The summed E-state index contributed by atoms with van der Waals surface area (Å²) in [5.41, 5.74) is 2.42. The highest BCUT2D eigenvalue weighted by Crippen LogP contribution is 2.39. The fourth-order valence-electron chi connectivity index (χ4n) is 4.05. The van der Waals surface area contributed by atoms with E-state index in [1.165, 1.54) is 23.8 Å². The maximum Gasteiger partial charge on any atom is 0.129 e. The Bertz CT molecular complexity index is 663. The van der Waals surface area contributed by atoms with Crippen LogP contribution in [0.4, 0.5) is 8.78 Å². The number of hydrogen-bond acceptors (Lipinski definition) is 1. The van der Waals surface area contributed by atoms with Gasteiger partial charge in [0, 0.05) is 5.56 Å². The van der Waals surface area contributed by atoms with Crippen LogP contribution in [-0.4, -0.2) is 5.11 Å². The van der Waals surface area contributed by atoms with Crippen LogP contribution in [0.1, 0.15) is 67.1 Å². The van der Waals surface area contributed by atoms with Crippen molar-refractivity contribution in [2.45, 2.75) is 57.0 Å². The molecule has 3 heteroatoms. The lowest BCUT2D eigenvalue weighted by atomic mass is 9.78. The number of aliphatic hydroxyl groups excluding tert-OH is 1. The highest BCUT2D eigenvalue weighted by atomic mass is 19.1. The zero-order valence-electron chi connectivity index (χ0n) is 13.8. The van der Waals surface area contributed by atoms with E-state index >= 15 is 0 Å². The summed E-state index contributed by atoms with van der Waals surface area (Å²) >= 11 is 0. The van der Waals surface area contributed by atoms with E-state index in [-0.39, 0.29) is 18.1 Å². The Kier molecular flexibility index (Phi) is 5.62. The van der Waals surface area contributed by atoms with Crippen LogP contribution in [0.15, 0.2) is 42.5 Å². The lowest BCUT2D eigenvalue weighted by Gasteiger charge is -2.27. The molecule has 0 radical (unpaired) electrons. The first-order chi connectivity index (χ1) is 11.7. The molecule has 24 heavy (non-hydrogen) atoms. The molecule has 1 N–H and O–H groups in total. The Morgan fingerprint density at radius 2 is 1.42 bits per heavy atom. The molecular weight excluding hydrogens is 306 g/mol. The van der Waals surface area contributed by atoms with Gasteiger partial charge in [0.25, 0.3) is 0 Å². The number of aliphatic hydroxyl groups is 1. The van der Waals surface area contributed by atoms with Crippen molar-refractivity contribution < 1.29 is 13.9 Å². The van der Waals surface area contributed by atoms with E-state index in [1.54, 1.807) is 0 Å². The molecule has 0 saturated heterocycles. The molecule has 2 unspecified atom stereocenters. The van der Waals surface area contributed by atoms with Gasteiger partial charge in [-0.2, -0.15) is 0 Å². The fraction of sp³-hybridized carbons (Fsp3) is 0.429. The molecule has 0 bridgehead atoms. The predicted octanol–water partition coefficient (Wildman–Crippen LogP) is 5.68. The Morgan fingerprint density at radius 1 is 0.792 bits per heavy atom. The van der Waals surface area contributed by atoms with Crippen LogP contribution in [0.5, 0.6) is 0 Å². The van der Waals surface area contributed by atoms with Crippen molar-refractivity contribution in [1.82, 2.24) is 0 Å². The van der Waals surface area contributed by atoms with E-state index in [0.717, 1.165) is 44.1 Å². The number of rotatable bonds is 3. The molecule has 1 nitrogen and oxygen atoms in total. The topological polar surface area (TPSA) is 20.2 Å². The molecule has 0 heterocycles. The van der Waals surface area contributed by atoms with Gasteiger partial charge in [0.05, 0.1) is 6.61 Å². The summed E-state index contributed by atoms with van der Waals surface area (Å²) < 4.78 is 28.3. The van der Waals surface area contributed by atoms with Crippen LogP contribution in [0.25, 0.3) is 0 Å². The van der Waals surface area contributed by atoms with Gasteiger partial charge >= 0.3 is 0 Å². The Labute approximate surface area is 142 Å². The number of halogens is 2. The molecule has 1 saturated carbocycles. The van der Waals surface area contributed by atoms with E-state index in [9.17, 15) is 13.9 Å². The van der Waals surface area contributed by atoms with Gasteiger partial charge in [-0.3, -0.25) is 0 Å². The molecule has 1 fully saturated rings. The maximum atomic E-state index is 14.1. The van der Waals surface area contributed by atoms with Crippen molar-refractivity contribution in [3.05, 3.63) is 70.8 Å². The van der Waals surface area contributed by atoms with Gasteiger partial charge in [0.2, 0.25) is 0 Å². The fourth-order valence-corrected chi connectivity index (χ4v) is 4.05. The number of benzene rings is 2. The van der Waals surface area contributed by atoms with Crippen molar-refractivity contribution in [3.63, 3.8) is 0 Å². The summed E-state index contributed by atoms with van der Waals surface area (Å²) in [5.74, 6) is -0.554. The van der Waals surface area contributed by atoms with Crippen molar-refractivity contribution in [1.29, 1.82) is 0 Å². The minimum Gasteiger partial charge on any atom is -0.392 e. The van der Waals surface area contributed by atoms with Crippen LogP contribution in [0.3, 0.4) is 0 Å². The van der Waals surface area contributed by atoms with Crippen LogP contribution in [-0.2, 0) is 6.61 Å². The minimum atomic E-state index is -0.423. The lowest BCUT2D eigenvalue weighted by molar-refractivity contribution is 0.278. The van der Waals surface area contributed by atoms with Crippen LogP contribution in [0.2, 0.25) is 0 Å². The lowest BCUT2D eigenvalue weighted by Crippen LogP contribution is -2.12. The summed E-state index contributed by atoms with van der Waals surface area (Å²) in [4.78, 5) is 0. The van der Waals surface area contributed by atoms with E-state index in [2.05, 4.69) is 6.07 Å². The van der Waals surface area contributed by atoms with Crippen LogP contribution in [0, 0.1) is 11.6 Å². The molecule has 0 spiro atoms. The first-order valence-corrected chi connectivity index (χ1v) is 8.83. The highest BCUT2D eigenvalue weighted by Gasteiger charge is 2.24. The van der Waals surface area contributed by atoms with Gasteiger partial charge in [-0.25, -0.2) is 8.78 Å². The molecule has 0 aromatic heterocycles. The van der Waals surface area contributed by atoms with E-state index < -0.39 is 11.6 Å². The van der Waals surface area contributed by atoms with Gasteiger partial charge in [-0.15, -0.1) is 0 Å². The largest absolute Gasteiger partial charge is 0.392 e. The van der Waals surface area contributed by atoms with Gasteiger partial charge in [0.15, 0.2) is 0 Å². The van der Waals surface area contributed by atoms with E-state index in [0.29, 0.717) is 5.92 Å². The zero-order chi connectivity index (χ0) is 16.9. The molecule has 1 aliphatic carbocycles. The van der Waals surface area contributed by atoms with Gasteiger partial charge in [0.1, 0.15) is 11.6 Å². The SMILES string of the molecule is OCc1ccccc1C1CCCCC(c2c(F)cccc2F)CC1. The molecule has 128 valence electrons. The molecule has 1 aliphatic rings. The monoisotopic (exact) mass is 330 g/mol. The maximum absolute atomic E-state index is 14.1. The molecule has 0 aliphatic heterocycles. The predicted molar refractivity (Wildman–Crippen MR) is 91.9 cm³/mol. The molecule has 2 atom stereocenters. The highest BCUT2D eigenvalue weighted by molar-refractivity contribution is 5.30. The van der Waals surface area contributed by atoms with Crippen molar-refractivity contribution in [3.8, 4) is 0 Å². The van der Waals surface area contributed by atoms with Crippen molar-refractivity contribution in [2.24, 2.45) is 0 Å². The van der Waals surface area contributed by atoms with E-state index in [4.69, 9.17) is 0 Å². The standard InChI is InChI=1S/C21H24F2O/c22-19-10-5-11-20(23)21(19)16-7-2-1-6-15(12-13-16)18-9-4-3-8-17(18)14-24/h3-5,8-11,15-16,24H,1-2,6-7,12-14H2. The smallest absolute Gasteiger partial charge is 0.129 e. The second-order valence-electron chi connectivity index (χ2n) is 6.75. The van der Waals surface area contributed by atoms with Crippen molar-refractivity contribution in [2.75, 3.05) is 0 Å². The quantitative estimate of drug-likeness (QED) is 0.768. The second-order valence-corrected chi connectivity index (χ2v) is 6.75. The average molecular weight is 330 g/mol. The molecule has 2 aromatic carbocycles. The Balaban J connectivity index is 1.82. The van der Waals surface area contributed by atoms with Crippen molar-refractivity contribution >= 4 is 0 Å². The van der Waals surface area contributed by atoms with Gasteiger partial charge in [-0.1, -0.05) is 43.2 Å². The summed E-state index contributed by atoms with van der Waals surface area (Å²) in [6, 6.07) is 12.1. The molecule has 3 rings (SSSR count). The third-order valence-corrected chi connectivity index (χ3v) is 5.29. The van der Waals surface area contributed by atoms with Gasteiger partial charge in [-0.05, 0) is 60.8 Å². The zero-order valence-corrected chi connectivity index (χ0v) is 13.8. The normalized spacial score (nSPS) is 22.0. The van der Waals surface area contributed by atoms with Gasteiger partial charge < -0.3 is 5.11 Å². The first-order valence-electron chi connectivity index (χ1n) is 8.83. The first kappa shape index (κ1) is 17.1. The molecule has 2 aromatic rings. The van der Waals surface area contributed by atoms with Crippen LogP contribution >= 0.6 is 0 Å². The third kappa shape index (κ3) is 3.67. The van der Waals surface area contributed by atoms with E-state index in [1.807, 2.05) is 18.2 Å². The summed E-state index contributed by atoms with van der Waals surface area (Å²) in [6.07, 6.45) is 5.63. The third-order valence-electron chi connectivity index (χ3n) is 5.29. The minimum absolute atomic E-state index is 0.0397. The summed E-state index contributed by atoms with van der Waals surface area (Å²) in [7, 11) is 0. The average Bonchev–Trinajstić information content (AvgIpc) is 2.57. The second kappa shape index (κ2) is 7.89. The summed E-state index contributed by atoms with van der Waals surface area (Å²) in [6.45, 7) is 0.0397. The number of hydrogen-bond donors (Lipinski definition) is 1. The summed E-state index contributed by atoms with van der Waals surface area (Å²) in [5, 5.41) is 9.58. The Hall–Kier alpha value is -1.74. The Morgan fingerprint density at radius 3 is 2.12 bits per heavy atom.